The lowest BCUT2D eigenvalue weighted by Crippen LogP contribution is -2.26. The predicted octanol–water partition coefficient (Wildman–Crippen LogP) is 2.03. The first-order valence-electron chi connectivity index (χ1n) is 4.90. The molecule has 0 aliphatic heterocycles. The first-order chi connectivity index (χ1) is 7.24. The summed E-state index contributed by atoms with van der Waals surface area (Å²) in [5, 5.41) is 9.19. The predicted molar refractivity (Wildman–Crippen MR) is 61.8 cm³/mol. The van der Waals surface area contributed by atoms with Crippen LogP contribution in [0.4, 0.5) is 0 Å². The Morgan fingerprint density at radius 1 is 1.38 bits per heavy atom. The second-order valence-corrected chi connectivity index (χ2v) is 3.94. The van der Waals surface area contributed by atoms with Gasteiger partial charge in [-0.05, 0) is 25.0 Å². The van der Waals surface area contributed by atoms with Crippen LogP contribution in [-0.2, 0) is 10.3 Å². The van der Waals surface area contributed by atoms with Gasteiger partial charge in [0.2, 0.25) is 0 Å². The molecule has 0 amide bonds. The fourth-order valence-electron chi connectivity index (χ4n) is 1.98. The van der Waals surface area contributed by atoms with E-state index < -0.39 is 11.5 Å². The Bertz CT molecular complexity index is 546. The minimum absolute atomic E-state index is 0. The highest BCUT2D eigenvalue weighted by atomic mass is 35.5. The molecule has 1 N–H and O–H groups in total. The molecule has 0 atom stereocenters. The number of benzene rings is 1. The average molecular weight is 239 g/mol. The van der Waals surface area contributed by atoms with Crippen molar-refractivity contribution in [2.75, 3.05) is 0 Å². The third-order valence-electron chi connectivity index (χ3n) is 3.04. The summed E-state index contributed by atoms with van der Waals surface area (Å²) in [6.45, 7) is 0. The van der Waals surface area contributed by atoms with Crippen LogP contribution in [0.5, 0.6) is 0 Å². The summed E-state index contributed by atoms with van der Waals surface area (Å²) in [6, 6.07) is 7.60. The number of nitrogens with zero attached hydrogens (tertiary/aromatic N) is 2. The van der Waals surface area contributed by atoms with E-state index in [1.165, 1.54) is 0 Å². The molecule has 2 aromatic rings. The van der Waals surface area contributed by atoms with Gasteiger partial charge in [-0.1, -0.05) is 12.1 Å². The summed E-state index contributed by atoms with van der Waals surface area (Å²) in [5.74, 6) is -0.759. The SMILES string of the molecule is Cl.O=C(O)C1(n2cnc3ccccc32)CC1. The molecule has 1 aromatic heterocycles. The largest absolute Gasteiger partial charge is 0.479 e. The van der Waals surface area contributed by atoms with Gasteiger partial charge in [0.1, 0.15) is 5.54 Å². The third-order valence-corrected chi connectivity index (χ3v) is 3.04. The Hall–Kier alpha value is -1.55. The van der Waals surface area contributed by atoms with E-state index in [1.54, 1.807) is 10.9 Å². The van der Waals surface area contributed by atoms with Crippen molar-refractivity contribution in [3.63, 3.8) is 0 Å². The number of rotatable bonds is 2. The minimum Gasteiger partial charge on any atom is -0.479 e. The van der Waals surface area contributed by atoms with Crippen LogP contribution in [0.25, 0.3) is 11.0 Å². The molecule has 0 radical (unpaired) electrons. The van der Waals surface area contributed by atoms with E-state index >= 15 is 0 Å². The highest BCUT2D eigenvalue weighted by molar-refractivity contribution is 5.85. The van der Waals surface area contributed by atoms with Gasteiger partial charge in [0.25, 0.3) is 0 Å². The lowest BCUT2D eigenvalue weighted by Gasteiger charge is -2.12. The second-order valence-electron chi connectivity index (χ2n) is 3.94. The lowest BCUT2D eigenvalue weighted by atomic mass is 10.2. The van der Waals surface area contributed by atoms with Gasteiger partial charge in [-0.15, -0.1) is 12.4 Å². The Balaban J connectivity index is 0.000000963. The van der Waals surface area contributed by atoms with Crippen LogP contribution in [0, 0.1) is 0 Å². The highest BCUT2D eigenvalue weighted by Gasteiger charge is 2.52. The van der Waals surface area contributed by atoms with Gasteiger partial charge in [0.15, 0.2) is 0 Å². The summed E-state index contributed by atoms with van der Waals surface area (Å²) in [6.07, 6.45) is 3.02. The number of hydrogen-bond acceptors (Lipinski definition) is 2. The van der Waals surface area contributed by atoms with Crippen molar-refractivity contribution in [1.82, 2.24) is 9.55 Å². The molecule has 1 aromatic carbocycles. The van der Waals surface area contributed by atoms with Crippen LogP contribution in [-0.4, -0.2) is 20.6 Å². The molecule has 0 saturated heterocycles. The van der Waals surface area contributed by atoms with Gasteiger partial charge in [-0.3, -0.25) is 0 Å². The number of carbonyl (C=O) groups is 1. The number of imidazole rings is 1. The standard InChI is InChI=1S/C11H10N2O2.ClH/c14-10(15)11(5-6-11)13-7-12-8-3-1-2-4-9(8)13;/h1-4,7H,5-6H2,(H,14,15);1H. The molecule has 0 unspecified atom stereocenters. The van der Waals surface area contributed by atoms with Crippen LogP contribution < -0.4 is 0 Å². The molecule has 1 heterocycles. The molecule has 3 rings (SSSR count). The van der Waals surface area contributed by atoms with Gasteiger partial charge in [-0.2, -0.15) is 0 Å². The topological polar surface area (TPSA) is 55.1 Å². The van der Waals surface area contributed by atoms with Crippen LogP contribution >= 0.6 is 12.4 Å². The van der Waals surface area contributed by atoms with E-state index in [2.05, 4.69) is 4.98 Å². The third kappa shape index (κ3) is 1.30. The van der Waals surface area contributed by atoms with Crippen molar-refractivity contribution in [2.24, 2.45) is 0 Å². The number of carboxylic acids is 1. The van der Waals surface area contributed by atoms with Gasteiger partial charge in [-0.25, -0.2) is 9.78 Å². The molecule has 84 valence electrons. The second kappa shape index (κ2) is 3.49. The van der Waals surface area contributed by atoms with Crippen molar-refractivity contribution in [1.29, 1.82) is 0 Å². The Morgan fingerprint density at radius 2 is 2.06 bits per heavy atom. The molecule has 1 aliphatic carbocycles. The smallest absolute Gasteiger partial charge is 0.329 e. The van der Waals surface area contributed by atoms with Crippen LogP contribution in [0.2, 0.25) is 0 Å². The van der Waals surface area contributed by atoms with Crippen LogP contribution in [0.15, 0.2) is 30.6 Å². The zero-order valence-corrected chi connectivity index (χ0v) is 9.28. The van der Waals surface area contributed by atoms with Crippen molar-refractivity contribution in [3.05, 3.63) is 30.6 Å². The molecule has 0 spiro atoms. The number of carboxylic acid groups (broad SMARTS) is 1. The number of halogens is 1. The number of aromatic nitrogens is 2. The number of aliphatic carboxylic acids is 1. The number of para-hydroxylation sites is 2. The lowest BCUT2D eigenvalue weighted by molar-refractivity contribution is -0.142. The van der Waals surface area contributed by atoms with Gasteiger partial charge in [0.05, 0.1) is 17.4 Å². The van der Waals surface area contributed by atoms with E-state index in [0.717, 1.165) is 11.0 Å². The summed E-state index contributed by atoms with van der Waals surface area (Å²) < 4.78 is 1.78. The van der Waals surface area contributed by atoms with E-state index in [4.69, 9.17) is 0 Å². The Kier molecular flexibility index (Phi) is 2.39. The van der Waals surface area contributed by atoms with E-state index in [9.17, 15) is 9.90 Å². The maximum absolute atomic E-state index is 11.2. The first-order valence-corrected chi connectivity index (χ1v) is 4.90. The van der Waals surface area contributed by atoms with E-state index in [-0.39, 0.29) is 12.4 Å². The fraction of sp³-hybridized carbons (Fsp3) is 0.273. The number of hydrogen-bond donors (Lipinski definition) is 1. The molecule has 4 nitrogen and oxygen atoms in total. The zero-order chi connectivity index (χ0) is 10.5. The molecule has 16 heavy (non-hydrogen) atoms. The normalized spacial score (nSPS) is 16.8. The van der Waals surface area contributed by atoms with Crippen molar-refractivity contribution >= 4 is 29.4 Å². The van der Waals surface area contributed by atoms with E-state index in [1.807, 2.05) is 24.3 Å². The quantitative estimate of drug-likeness (QED) is 0.871. The Labute approximate surface area is 98.3 Å². The summed E-state index contributed by atoms with van der Waals surface area (Å²) in [4.78, 5) is 15.4. The van der Waals surface area contributed by atoms with E-state index in [0.29, 0.717) is 12.8 Å². The number of fused-ring (bicyclic) bond motifs is 1. The molecule has 1 saturated carbocycles. The van der Waals surface area contributed by atoms with Crippen molar-refractivity contribution < 1.29 is 9.90 Å². The van der Waals surface area contributed by atoms with Crippen molar-refractivity contribution in [3.8, 4) is 0 Å². The molecular weight excluding hydrogens is 228 g/mol. The molecule has 1 aliphatic rings. The molecule has 5 heteroatoms. The first kappa shape index (κ1) is 11.0. The summed E-state index contributed by atoms with van der Waals surface area (Å²) in [5.41, 5.74) is 1.03. The molecule has 1 fully saturated rings. The maximum Gasteiger partial charge on any atom is 0.329 e. The summed E-state index contributed by atoms with van der Waals surface area (Å²) in [7, 11) is 0. The van der Waals surface area contributed by atoms with Crippen LogP contribution in [0.3, 0.4) is 0 Å². The maximum atomic E-state index is 11.2. The molecular formula is C11H11ClN2O2. The minimum atomic E-state index is -0.759. The van der Waals surface area contributed by atoms with Gasteiger partial charge in [0, 0.05) is 0 Å². The highest BCUT2D eigenvalue weighted by Crippen LogP contribution is 2.45. The monoisotopic (exact) mass is 238 g/mol. The molecule has 0 bridgehead atoms. The van der Waals surface area contributed by atoms with Crippen molar-refractivity contribution in [2.45, 2.75) is 18.4 Å². The average Bonchev–Trinajstić information content (AvgIpc) is 2.93. The Morgan fingerprint density at radius 3 is 2.69 bits per heavy atom. The van der Waals surface area contributed by atoms with Crippen LogP contribution in [0.1, 0.15) is 12.8 Å². The summed E-state index contributed by atoms with van der Waals surface area (Å²) >= 11 is 0. The zero-order valence-electron chi connectivity index (χ0n) is 8.46. The fourth-order valence-corrected chi connectivity index (χ4v) is 1.98. The van der Waals surface area contributed by atoms with Gasteiger partial charge >= 0.3 is 5.97 Å². The van der Waals surface area contributed by atoms with Gasteiger partial charge < -0.3 is 9.67 Å².